The summed E-state index contributed by atoms with van der Waals surface area (Å²) in [6.07, 6.45) is 5.49. The molecule has 2 nitrogen and oxygen atoms in total. The van der Waals surface area contributed by atoms with Gasteiger partial charge < -0.3 is 0 Å². The van der Waals surface area contributed by atoms with Gasteiger partial charge in [-0.3, -0.25) is 9.98 Å². The van der Waals surface area contributed by atoms with Gasteiger partial charge in [0.15, 0.2) is 16.1 Å². The van der Waals surface area contributed by atoms with Crippen molar-refractivity contribution < 1.29 is 0 Å². The summed E-state index contributed by atoms with van der Waals surface area (Å²) in [5.74, 6) is 0. The highest BCUT2D eigenvalue weighted by molar-refractivity contribution is 7.28. The molecule has 0 amide bonds. The summed E-state index contributed by atoms with van der Waals surface area (Å²) in [5.41, 5.74) is 0.873. The van der Waals surface area contributed by atoms with E-state index < -0.39 is 16.1 Å². The number of rotatable bonds is 4. The van der Waals surface area contributed by atoms with E-state index in [1.54, 1.807) is 5.20 Å². The number of hydrogen-bond acceptors (Lipinski definition) is 2. The van der Waals surface area contributed by atoms with Gasteiger partial charge in [-0.2, -0.15) is 0 Å². The van der Waals surface area contributed by atoms with E-state index >= 15 is 0 Å². The van der Waals surface area contributed by atoms with E-state index in [0.29, 0.717) is 0 Å². The lowest BCUT2D eigenvalue weighted by atomic mass is 9.99. The van der Waals surface area contributed by atoms with Crippen LogP contribution in [0, 0.1) is 6.92 Å². The molecule has 1 aromatic heterocycles. The first-order valence-corrected chi connectivity index (χ1v) is 18.5. The molecule has 4 heteroatoms. The zero-order chi connectivity index (χ0) is 28.1. The molecule has 7 rings (SSSR count). The van der Waals surface area contributed by atoms with E-state index in [9.17, 15) is 0 Å². The Bertz CT molecular complexity index is 1700. The van der Waals surface area contributed by atoms with Crippen LogP contribution in [0.15, 0.2) is 149 Å². The molecule has 0 N–H and O–H groups in total. The van der Waals surface area contributed by atoms with Crippen molar-refractivity contribution in [2.75, 3.05) is 0 Å². The molecule has 0 aliphatic carbocycles. The summed E-state index contributed by atoms with van der Waals surface area (Å²) < 4.78 is 0. The first-order chi connectivity index (χ1) is 20.0. The lowest BCUT2D eigenvalue weighted by Crippen LogP contribution is -2.84. The van der Waals surface area contributed by atoms with Gasteiger partial charge in [-0.1, -0.05) is 127 Å². The molecule has 0 saturated heterocycles. The molecule has 3 heterocycles. The highest BCUT2D eigenvalue weighted by Crippen LogP contribution is 2.38. The minimum atomic E-state index is -2.74. The molecule has 0 radical (unpaired) electrons. The number of pyridine rings is 1. The zero-order valence-electron chi connectivity index (χ0n) is 23.9. The smallest absolute Gasteiger partial charge is 0.180 e. The van der Waals surface area contributed by atoms with Gasteiger partial charge in [0.2, 0.25) is 0 Å². The van der Waals surface area contributed by atoms with Crippen LogP contribution in [0.4, 0.5) is 0 Å². The molecule has 41 heavy (non-hydrogen) atoms. The Hall–Kier alpha value is -4.13. The fourth-order valence-corrected chi connectivity index (χ4v) is 19.9. The molecule has 200 valence electrons. The number of hydrogen-bond donors (Lipinski definition) is 0. The summed E-state index contributed by atoms with van der Waals surface area (Å²) in [6.45, 7) is 6.73. The second kappa shape index (κ2) is 9.76. The fourth-order valence-electron chi connectivity index (χ4n) is 7.39. The third-order valence-corrected chi connectivity index (χ3v) is 19.3. The fraction of sp³-hybridized carbons (Fsp3) is 0.135. The zero-order valence-corrected chi connectivity index (χ0v) is 25.9. The van der Waals surface area contributed by atoms with Crippen LogP contribution < -0.4 is 31.1 Å². The van der Waals surface area contributed by atoms with E-state index in [-0.39, 0.29) is 5.54 Å². The molecule has 0 unspecified atom stereocenters. The third-order valence-electron chi connectivity index (χ3n) is 9.01. The van der Waals surface area contributed by atoms with E-state index in [1.165, 1.54) is 36.3 Å². The van der Waals surface area contributed by atoms with E-state index in [2.05, 4.69) is 161 Å². The van der Waals surface area contributed by atoms with Gasteiger partial charge >= 0.3 is 0 Å². The minimum Gasteiger partial charge on any atom is -0.287 e. The standard InChI is InChI=1S/C37H34N2Si2/c1-28-24-33-35(26-38-28)41(31-20-12-6-13-21-31,32-22-14-7-15-23-32)34-25-37(2,3)39-27-36(34)40(33,29-16-8-4-9-17-29)30-18-10-5-11-19-30/h4-24,26-27H,25H2,1-3H3. The maximum atomic E-state index is 5.30. The molecule has 0 bridgehead atoms. The highest BCUT2D eigenvalue weighted by atomic mass is 28.3. The molecule has 5 aromatic rings. The first-order valence-electron chi connectivity index (χ1n) is 14.5. The number of aryl methyl sites for hydroxylation is 1. The Morgan fingerprint density at radius 3 is 1.49 bits per heavy atom. The van der Waals surface area contributed by atoms with Gasteiger partial charge in [0.05, 0.1) is 5.54 Å². The van der Waals surface area contributed by atoms with Crippen molar-refractivity contribution in [2.45, 2.75) is 32.7 Å². The third kappa shape index (κ3) is 3.81. The lowest BCUT2D eigenvalue weighted by Gasteiger charge is -2.51. The van der Waals surface area contributed by atoms with Crippen LogP contribution in [0.5, 0.6) is 0 Å². The second-order valence-corrected chi connectivity index (χ2v) is 19.5. The van der Waals surface area contributed by atoms with Crippen LogP contribution >= 0.6 is 0 Å². The Balaban J connectivity index is 1.76. The predicted molar refractivity (Wildman–Crippen MR) is 178 cm³/mol. The molecule has 0 spiro atoms. The lowest BCUT2D eigenvalue weighted by molar-refractivity contribution is 0.522. The number of nitrogens with zero attached hydrogens (tertiary/aromatic N) is 2. The van der Waals surface area contributed by atoms with Gasteiger partial charge in [-0.15, -0.1) is 0 Å². The summed E-state index contributed by atoms with van der Waals surface area (Å²) in [7, 11) is -5.46. The van der Waals surface area contributed by atoms with Crippen molar-refractivity contribution in [1.29, 1.82) is 0 Å². The average molecular weight is 563 g/mol. The molecule has 0 atom stereocenters. The molecular weight excluding hydrogens is 529 g/mol. The number of dihydropyridines is 1. The van der Waals surface area contributed by atoms with Crippen molar-refractivity contribution in [1.82, 2.24) is 4.98 Å². The highest BCUT2D eigenvalue weighted by Gasteiger charge is 2.58. The first kappa shape index (κ1) is 25.8. The van der Waals surface area contributed by atoms with Crippen molar-refractivity contribution in [3.63, 3.8) is 0 Å². The van der Waals surface area contributed by atoms with Gasteiger partial charge in [-0.25, -0.2) is 0 Å². The second-order valence-electron chi connectivity index (χ2n) is 12.0. The van der Waals surface area contributed by atoms with Gasteiger partial charge in [0.25, 0.3) is 0 Å². The van der Waals surface area contributed by atoms with Crippen LogP contribution in [0.25, 0.3) is 0 Å². The number of aromatic nitrogens is 1. The van der Waals surface area contributed by atoms with Crippen molar-refractivity contribution in [2.24, 2.45) is 4.99 Å². The SMILES string of the molecule is Cc1cc2c(cn1)[Si](c1ccccc1)(c1ccccc1)C1=C(C=NC(C)(C)C1)[Si]2(c1ccccc1)c1ccccc1. The number of benzene rings is 4. The normalized spacial score (nSPS) is 17.9. The van der Waals surface area contributed by atoms with E-state index in [1.807, 2.05) is 0 Å². The van der Waals surface area contributed by atoms with Crippen LogP contribution in [0.2, 0.25) is 0 Å². The monoisotopic (exact) mass is 562 g/mol. The molecule has 0 fully saturated rings. The summed E-state index contributed by atoms with van der Waals surface area (Å²) in [6, 6.07) is 47.6. The number of allylic oxidation sites excluding steroid dienone is 1. The largest absolute Gasteiger partial charge is 0.287 e. The van der Waals surface area contributed by atoms with Crippen LogP contribution in [0.3, 0.4) is 0 Å². The Morgan fingerprint density at radius 2 is 1.02 bits per heavy atom. The summed E-state index contributed by atoms with van der Waals surface area (Å²) >= 11 is 0. The number of aliphatic imine (C=N–C) groups is 1. The van der Waals surface area contributed by atoms with Crippen LogP contribution in [-0.4, -0.2) is 32.9 Å². The maximum absolute atomic E-state index is 5.30. The van der Waals surface area contributed by atoms with Crippen LogP contribution in [0.1, 0.15) is 26.0 Å². The van der Waals surface area contributed by atoms with E-state index in [4.69, 9.17) is 9.98 Å². The topological polar surface area (TPSA) is 25.2 Å². The molecule has 4 aromatic carbocycles. The quantitative estimate of drug-likeness (QED) is 0.305. The van der Waals surface area contributed by atoms with Gasteiger partial charge in [0, 0.05) is 18.1 Å². The van der Waals surface area contributed by atoms with Crippen molar-refractivity contribution >= 4 is 53.5 Å². The Morgan fingerprint density at radius 1 is 0.585 bits per heavy atom. The molecule has 0 saturated carbocycles. The van der Waals surface area contributed by atoms with Gasteiger partial charge in [-0.05, 0) is 69.6 Å². The van der Waals surface area contributed by atoms with E-state index in [0.717, 1.165) is 12.1 Å². The summed E-state index contributed by atoms with van der Waals surface area (Å²) in [5, 5.41) is 11.6. The Labute approximate surface area is 245 Å². The summed E-state index contributed by atoms with van der Waals surface area (Å²) in [4.78, 5) is 10.4. The average Bonchev–Trinajstić information content (AvgIpc) is 3.01. The number of fused-ring (bicyclic) bond motifs is 1. The molecular formula is C37H34N2Si2. The maximum Gasteiger partial charge on any atom is 0.180 e. The van der Waals surface area contributed by atoms with Crippen molar-refractivity contribution in [3.05, 3.63) is 150 Å². The molecule has 2 aliphatic heterocycles. The Kier molecular flexibility index (Phi) is 6.14. The van der Waals surface area contributed by atoms with Gasteiger partial charge in [0.1, 0.15) is 0 Å². The molecule has 2 aliphatic rings. The van der Waals surface area contributed by atoms with Crippen molar-refractivity contribution in [3.8, 4) is 0 Å². The predicted octanol–water partition coefficient (Wildman–Crippen LogP) is 3.97. The van der Waals surface area contributed by atoms with Crippen LogP contribution in [-0.2, 0) is 0 Å². The minimum absolute atomic E-state index is 0.191.